The minimum atomic E-state index is -1.06. The van der Waals surface area contributed by atoms with Crippen LogP contribution in [0.3, 0.4) is 0 Å². The molecule has 2 heterocycles. The fourth-order valence-corrected chi connectivity index (χ4v) is 4.89. The van der Waals surface area contributed by atoms with Gasteiger partial charge in [-0.15, -0.1) is 23.1 Å². The Morgan fingerprint density at radius 3 is 2.78 bits per heavy atom. The van der Waals surface area contributed by atoms with Crippen LogP contribution in [0.25, 0.3) is 0 Å². The molecule has 3 N–H and O–H groups in total. The van der Waals surface area contributed by atoms with Gasteiger partial charge in [-0.1, -0.05) is 6.92 Å². The molecule has 1 fully saturated rings. The smallest absolute Gasteiger partial charge is 0.323 e. The zero-order valence-corrected chi connectivity index (χ0v) is 14.5. The largest absolute Gasteiger partial charge is 0.480 e. The minimum absolute atomic E-state index is 0.00490. The third-order valence-corrected chi connectivity index (χ3v) is 6.43. The van der Waals surface area contributed by atoms with Gasteiger partial charge in [0.25, 0.3) is 0 Å². The molecule has 0 radical (unpaired) electrons. The first-order valence-electron chi connectivity index (χ1n) is 7.23. The number of amides is 1. The molecular weight excluding hydrogens is 340 g/mol. The topological polar surface area (TPSA) is 111 Å². The van der Waals surface area contributed by atoms with Crippen LogP contribution in [0.5, 0.6) is 0 Å². The summed E-state index contributed by atoms with van der Waals surface area (Å²) in [7, 11) is 0. The number of thioether (sulfide) groups is 1. The number of β-lactam (4-membered cyclic amide) rings is 1. The molecule has 0 bridgehead atoms. The molecule has 1 aliphatic heterocycles. The minimum Gasteiger partial charge on any atom is -0.480 e. The summed E-state index contributed by atoms with van der Waals surface area (Å²) >= 11 is 2.97. The van der Waals surface area contributed by atoms with Crippen molar-refractivity contribution in [1.82, 2.24) is 9.88 Å². The molecule has 7 nitrogen and oxygen atoms in total. The molecule has 4 atom stereocenters. The molecular formula is C14H20N2O5S2. The number of aromatic nitrogens is 1. The van der Waals surface area contributed by atoms with Crippen LogP contribution in [0, 0.1) is 11.8 Å². The zero-order valence-electron chi connectivity index (χ0n) is 12.9. The van der Waals surface area contributed by atoms with Gasteiger partial charge in [0.15, 0.2) is 0 Å². The number of carboxylic acid groups (broad SMARTS) is 1. The van der Waals surface area contributed by atoms with E-state index >= 15 is 0 Å². The molecule has 9 heteroatoms. The Labute approximate surface area is 142 Å². The molecule has 1 unspecified atom stereocenters. The van der Waals surface area contributed by atoms with E-state index in [0.717, 1.165) is 4.21 Å². The number of hydrogen-bond acceptors (Lipinski definition) is 7. The van der Waals surface area contributed by atoms with Gasteiger partial charge in [-0.3, -0.25) is 9.59 Å². The van der Waals surface area contributed by atoms with E-state index in [4.69, 9.17) is 5.11 Å². The highest BCUT2D eigenvalue weighted by atomic mass is 32.2. The lowest BCUT2D eigenvalue weighted by atomic mass is 9.77. The average molecular weight is 360 g/mol. The summed E-state index contributed by atoms with van der Waals surface area (Å²) < 4.78 is 0.920. The number of aliphatic carboxylic acids is 1. The molecule has 1 aromatic rings. The average Bonchev–Trinajstić information content (AvgIpc) is 2.94. The van der Waals surface area contributed by atoms with Gasteiger partial charge in [0.05, 0.1) is 34.0 Å². The Morgan fingerprint density at radius 1 is 1.52 bits per heavy atom. The second-order valence-corrected chi connectivity index (χ2v) is 7.79. The Morgan fingerprint density at radius 2 is 2.22 bits per heavy atom. The van der Waals surface area contributed by atoms with Crippen LogP contribution in [0.15, 0.2) is 9.72 Å². The number of aliphatic hydroxyl groups excluding tert-OH is 2. The molecule has 2 rings (SSSR count). The molecule has 0 aromatic carbocycles. The van der Waals surface area contributed by atoms with Crippen molar-refractivity contribution in [3.8, 4) is 0 Å². The van der Waals surface area contributed by atoms with E-state index in [2.05, 4.69) is 4.98 Å². The molecule has 128 valence electrons. The second kappa shape index (κ2) is 7.61. The van der Waals surface area contributed by atoms with E-state index in [1.807, 2.05) is 6.92 Å². The van der Waals surface area contributed by atoms with Gasteiger partial charge in [0.1, 0.15) is 6.54 Å². The van der Waals surface area contributed by atoms with Gasteiger partial charge in [-0.2, -0.15) is 0 Å². The van der Waals surface area contributed by atoms with Crippen molar-refractivity contribution >= 4 is 35.0 Å². The van der Waals surface area contributed by atoms with Crippen LogP contribution in [0.2, 0.25) is 0 Å². The molecule has 23 heavy (non-hydrogen) atoms. The number of nitrogens with zero attached hydrogens (tertiary/aromatic N) is 2. The number of hydrogen-bond donors (Lipinski definition) is 3. The van der Waals surface area contributed by atoms with Crippen LogP contribution in [0.4, 0.5) is 0 Å². The lowest BCUT2D eigenvalue weighted by Gasteiger charge is -2.50. The maximum absolute atomic E-state index is 12.0. The predicted molar refractivity (Wildman–Crippen MR) is 86.2 cm³/mol. The number of carbonyl (C=O) groups is 2. The lowest BCUT2D eigenvalue weighted by molar-refractivity contribution is -0.172. The van der Waals surface area contributed by atoms with Crippen LogP contribution in [-0.2, 0) is 16.2 Å². The SMILES string of the molecule is C[C@@H](CSc1scnc1CO)C1[C@@H]([C@@H](C)O)C(=O)N1CC(=O)O. The summed E-state index contributed by atoms with van der Waals surface area (Å²) in [6, 6.07) is -0.295. The molecule has 1 aromatic heterocycles. The molecule has 0 aliphatic carbocycles. The first-order chi connectivity index (χ1) is 10.9. The van der Waals surface area contributed by atoms with Crippen molar-refractivity contribution in [2.45, 2.75) is 36.8 Å². The molecule has 1 saturated heterocycles. The normalized spacial score (nSPS) is 23.5. The number of rotatable bonds is 8. The van der Waals surface area contributed by atoms with Crippen molar-refractivity contribution < 1.29 is 24.9 Å². The molecule has 0 spiro atoms. The number of carbonyl (C=O) groups excluding carboxylic acids is 1. The van der Waals surface area contributed by atoms with E-state index in [9.17, 15) is 19.8 Å². The lowest BCUT2D eigenvalue weighted by Crippen LogP contribution is -2.67. The summed E-state index contributed by atoms with van der Waals surface area (Å²) in [6.45, 7) is 3.03. The van der Waals surface area contributed by atoms with E-state index < -0.39 is 18.0 Å². The summed E-state index contributed by atoms with van der Waals surface area (Å²) in [5.74, 6) is -1.27. The highest BCUT2D eigenvalue weighted by Crippen LogP contribution is 2.38. The molecule has 1 aliphatic rings. The van der Waals surface area contributed by atoms with Crippen LogP contribution in [0.1, 0.15) is 19.5 Å². The Kier molecular flexibility index (Phi) is 6.01. The first kappa shape index (κ1) is 18.2. The fraction of sp³-hybridized carbons (Fsp3) is 0.643. The highest BCUT2D eigenvalue weighted by Gasteiger charge is 2.52. The van der Waals surface area contributed by atoms with Crippen molar-refractivity contribution in [3.63, 3.8) is 0 Å². The Balaban J connectivity index is 2.03. The predicted octanol–water partition coefficient (Wildman–Crippen LogP) is 0.656. The number of thiazole rings is 1. The van der Waals surface area contributed by atoms with Crippen molar-refractivity contribution in [2.24, 2.45) is 11.8 Å². The number of aliphatic hydroxyl groups is 2. The maximum atomic E-state index is 12.0. The zero-order chi connectivity index (χ0) is 17.1. The van der Waals surface area contributed by atoms with E-state index in [1.54, 1.807) is 12.4 Å². The van der Waals surface area contributed by atoms with Gasteiger partial charge in [-0.05, 0) is 12.8 Å². The Hall–Kier alpha value is -1.16. The standard InChI is InChI=1S/C14H20N2O5S2/c1-7(5-22-14-9(4-17)15-6-23-14)12-11(8(2)18)13(21)16(12)3-10(19)20/h6-8,11-12,17-18H,3-5H2,1-2H3,(H,19,20)/t7-,8+,11+,12?/m0/s1. The van der Waals surface area contributed by atoms with Gasteiger partial charge in [-0.25, -0.2) is 4.98 Å². The van der Waals surface area contributed by atoms with Gasteiger partial charge < -0.3 is 20.2 Å². The van der Waals surface area contributed by atoms with Crippen LogP contribution >= 0.6 is 23.1 Å². The van der Waals surface area contributed by atoms with Crippen LogP contribution < -0.4 is 0 Å². The molecule has 1 amide bonds. The number of likely N-dealkylation sites (tertiary alicyclic amines) is 1. The Bertz CT molecular complexity index is 577. The summed E-state index contributed by atoms with van der Waals surface area (Å²) in [4.78, 5) is 28.4. The van der Waals surface area contributed by atoms with E-state index in [0.29, 0.717) is 11.4 Å². The first-order valence-corrected chi connectivity index (χ1v) is 9.09. The highest BCUT2D eigenvalue weighted by molar-refractivity contribution is 8.01. The van der Waals surface area contributed by atoms with Crippen LogP contribution in [-0.4, -0.2) is 61.5 Å². The maximum Gasteiger partial charge on any atom is 0.323 e. The van der Waals surface area contributed by atoms with Gasteiger partial charge in [0, 0.05) is 11.8 Å². The van der Waals surface area contributed by atoms with E-state index in [-0.39, 0.29) is 31.0 Å². The van der Waals surface area contributed by atoms with Gasteiger partial charge >= 0.3 is 5.97 Å². The van der Waals surface area contributed by atoms with Gasteiger partial charge in [0.2, 0.25) is 5.91 Å². The number of carboxylic acids is 1. The monoisotopic (exact) mass is 360 g/mol. The summed E-state index contributed by atoms with van der Waals surface area (Å²) in [5.41, 5.74) is 2.30. The van der Waals surface area contributed by atoms with Crippen molar-refractivity contribution in [3.05, 3.63) is 11.2 Å². The third-order valence-electron chi connectivity index (χ3n) is 3.94. The van der Waals surface area contributed by atoms with Crippen molar-refractivity contribution in [2.75, 3.05) is 12.3 Å². The quantitative estimate of drug-likeness (QED) is 0.461. The molecule has 0 saturated carbocycles. The van der Waals surface area contributed by atoms with Crippen molar-refractivity contribution in [1.29, 1.82) is 0 Å². The summed E-state index contributed by atoms with van der Waals surface area (Å²) in [6.07, 6.45) is -0.804. The second-order valence-electron chi connectivity index (χ2n) is 5.65. The summed E-state index contributed by atoms with van der Waals surface area (Å²) in [5, 5.41) is 28.0. The van der Waals surface area contributed by atoms with E-state index in [1.165, 1.54) is 28.0 Å². The fourth-order valence-electron chi connectivity index (χ4n) is 2.87. The third kappa shape index (κ3) is 3.85.